The molecule has 0 amide bonds. The second kappa shape index (κ2) is 6.80. The summed E-state index contributed by atoms with van der Waals surface area (Å²) in [6.45, 7) is 1.01. The number of phenolic OH excluding ortho intramolecular Hbond substituents is 1. The van der Waals surface area contributed by atoms with Crippen LogP contribution in [0.3, 0.4) is 0 Å². The van der Waals surface area contributed by atoms with Gasteiger partial charge in [-0.2, -0.15) is 0 Å². The Balaban J connectivity index is 1.99. The molecule has 1 N–H and O–H groups in total. The van der Waals surface area contributed by atoms with Gasteiger partial charge in [-0.1, -0.05) is 12.5 Å². The highest BCUT2D eigenvalue weighted by molar-refractivity contribution is 5.42. The molecule has 3 nitrogen and oxygen atoms in total. The smallest absolute Gasteiger partial charge is 0.161 e. The van der Waals surface area contributed by atoms with Gasteiger partial charge in [0.1, 0.15) is 0 Å². The highest BCUT2D eigenvalue weighted by Crippen LogP contribution is 2.31. The maximum atomic E-state index is 9.91. The van der Waals surface area contributed by atoms with E-state index in [1.165, 1.54) is 24.8 Å². The predicted octanol–water partition coefficient (Wildman–Crippen LogP) is 3.21. The Morgan fingerprint density at radius 3 is 2.63 bits per heavy atom. The lowest BCUT2D eigenvalue weighted by molar-refractivity contribution is 0.150. The molecule has 0 heterocycles. The summed E-state index contributed by atoms with van der Waals surface area (Å²) in [5, 5.41) is 9.91. The third kappa shape index (κ3) is 4.43. The average molecular weight is 263 g/mol. The lowest BCUT2D eigenvalue weighted by atomic mass is 9.98. The van der Waals surface area contributed by atoms with Gasteiger partial charge in [0.25, 0.3) is 0 Å². The molecule has 1 aliphatic carbocycles. The lowest BCUT2D eigenvalue weighted by Gasteiger charge is -2.23. The van der Waals surface area contributed by atoms with Crippen molar-refractivity contribution in [1.29, 1.82) is 0 Å². The highest BCUT2D eigenvalue weighted by Gasteiger charge is 2.16. The molecule has 1 saturated carbocycles. The Morgan fingerprint density at radius 1 is 1.21 bits per heavy atom. The minimum atomic E-state index is 0.263. The second-order valence-corrected chi connectivity index (χ2v) is 5.73. The lowest BCUT2D eigenvalue weighted by Crippen LogP contribution is -2.20. The van der Waals surface area contributed by atoms with Crippen molar-refractivity contribution in [2.45, 2.75) is 44.6 Å². The molecule has 0 unspecified atom stereocenters. The molecule has 1 aliphatic rings. The fourth-order valence-corrected chi connectivity index (χ4v) is 2.52. The summed E-state index contributed by atoms with van der Waals surface area (Å²) in [5.41, 5.74) is 1.22. The zero-order valence-corrected chi connectivity index (χ0v) is 12.1. The van der Waals surface area contributed by atoms with Gasteiger partial charge < -0.3 is 14.7 Å². The SMILES string of the molecule is CN(C)CCc1ccc(O)c(OC2CCCCC2)c1. The second-order valence-electron chi connectivity index (χ2n) is 5.73. The molecule has 1 aromatic rings. The van der Waals surface area contributed by atoms with Gasteiger partial charge in [-0.15, -0.1) is 0 Å². The maximum Gasteiger partial charge on any atom is 0.161 e. The highest BCUT2D eigenvalue weighted by atomic mass is 16.5. The van der Waals surface area contributed by atoms with Crippen LogP contribution in [0.5, 0.6) is 11.5 Å². The van der Waals surface area contributed by atoms with Crippen LogP contribution in [0.2, 0.25) is 0 Å². The minimum Gasteiger partial charge on any atom is -0.504 e. The predicted molar refractivity (Wildman–Crippen MR) is 77.9 cm³/mol. The Bertz CT molecular complexity index is 398. The molecule has 0 aromatic heterocycles. The van der Waals surface area contributed by atoms with Crippen molar-refractivity contribution in [3.63, 3.8) is 0 Å². The minimum absolute atomic E-state index is 0.263. The third-order valence-corrected chi connectivity index (χ3v) is 3.72. The Kier molecular flexibility index (Phi) is 5.08. The van der Waals surface area contributed by atoms with Crippen LogP contribution >= 0.6 is 0 Å². The first-order valence-corrected chi connectivity index (χ1v) is 7.28. The van der Waals surface area contributed by atoms with E-state index in [1.807, 2.05) is 12.1 Å². The van der Waals surface area contributed by atoms with Gasteiger partial charge in [-0.3, -0.25) is 0 Å². The number of aromatic hydroxyl groups is 1. The molecule has 2 rings (SSSR count). The number of likely N-dealkylation sites (N-methyl/N-ethyl adjacent to an activating group) is 1. The van der Waals surface area contributed by atoms with E-state index >= 15 is 0 Å². The molecule has 106 valence electrons. The van der Waals surface area contributed by atoms with E-state index in [9.17, 15) is 5.11 Å². The zero-order chi connectivity index (χ0) is 13.7. The van der Waals surface area contributed by atoms with Crippen LogP contribution in [0.25, 0.3) is 0 Å². The summed E-state index contributed by atoms with van der Waals surface area (Å²) in [6, 6.07) is 5.73. The first-order chi connectivity index (χ1) is 9.15. The van der Waals surface area contributed by atoms with Crippen LogP contribution in [0, 0.1) is 0 Å². The van der Waals surface area contributed by atoms with Crippen LogP contribution in [0.1, 0.15) is 37.7 Å². The van der Waals surface area contributed by atoms with E-state index < -0.39 is 0 Å². The van der Waals surface area contributed by atoms with E-state index in [-0.39, 0.29) is 11.9 Å². The largest absolute Gasteiger partial charge is 0.504 e. The molecule has 1 aromatic carbocycles. The monoisotopic (exact) mass is 263 g/mol. The van der Waals surface area contributed by atoms with Crippen molar-refractivity contribution in [2.24, 2.45) is 0 Å². The van der Waals surface area contributed by atoms with Crippen LogP contribution in [0.4, 0.5) is 0 Å². The third-order valence-electron chi connectivity index (χ3n) is 3.72. The first kappa shape index (κ1) is 14.2. The molecule has 0 bridgehead atoms. The summed E-state index contributed by atoms with van der Waals surface area (Å²) >= 11 is 0. The zero-order valence-electron chi connectivity index (χ0n) is 12.1. The number of hydrogen-bond donors (Lipinski definition) is 1. The van der Waals surface area contributed by atoms with Crippen molar-refractivity contribution in [3.05, 3.63) is 23.8 Å². The number of nitrogens with zero attached hydrogens (tertiary/aromatic N) is 1. The standard InChI is InChI=1S/C16H25NO2/c1-17(2)11-10-13-8-9-15(18)16(12-13)19-14-6-4-3-5-7-14/h8-9,12,14,18H,3-7,10-11H2,1-2H3. The molecule has 0 spiro atoms. The van der Waals surface area contributed by atoms with Crippen molar-refractivity contribution < 1.29 is 9.84 Å². The Hall–Kier alpha value is -1.22. The molecular formula is C16H25NO2. The van der Waals surface area contributed by atoms with Crippen LogP contribution < -0.4 is 4.74 Å². The molecule has 0 atom stereocenters. The van der Waals surface area contributed by atoms with Crippen LogP contribution in [-0.4, -0.2) is 36.8 Å². The van der Waals surface area contributed by atoms with E-state index in [1.54, 1.807) is 6.07 Å². The number of ether oxygens (including phenoxy) is 1. The molecular weight excluding hydrogens is 238 g/mol. The van der Waals surface area contributed by atoms with Gasteiger partial charge in [0.05, 0.1) is 6.10 Å². The molecule has 0 aliphatic heterocycles. The Morgan fingerprint density at radius 2 is 1.95 bits per heavy atom. The molecule has 1 fully saturated rings. The van der Waals surface area contributed by atoms with Gasteiger partial charge in [-0.05, 0) is 63.9 Å². The molecule has 0 saturated heterocycles. The summed E-state index contributed by atoms with van der Waals surface area (Å²) < 4.78 is 5.97. The number of benzene rings is 1. The van der Waals surface area contributed by atoms with Crippen molar-refractivity contribution in [2.75, 3.05) is 20.6 Å². The van der Waals surface area contributed by atoms with Crippen molar-refractivity contribution >= 4 is 0 Å². The van der Waals surface area contributed by atoms with Crippen LogP contribution in [-0.2, 0) is 6.42 Å². The van der Waals surface area contributed by atoms with E-state index in [0.717, 1.165) is 25.8 Å². The molecule has 0 radical (unpaired) electrons. The van der Waals surface area contributed by atoms with Crippen LogP contribution in [0.15, 0.2) is 18.2 Å². The normalized spacial score (nSPS) is 16.8. The van der Waals surface area contributed by atoms with Gasteiger partial charge >= 0.3 is 0 Å². The van der Waals surface area contributed by atoms with Gasteiger partial charge in [0.15, 0.2) is 11.5 Å². The molecule has 19 heavy (non-hydrogen) atoms. The summed E-state index contributed by atoms with van der Waals surface area (Å²) in [6.07, 6.45) is 7.28. The summed E-state index contributed by atoms with van der Waals surface area (Å²) in [4.78, 5) is 2.16. The number of hydrogen-bond acceptors (Lipinski definition) is 3. The molecule has 3 heteroatoms. The number of rotatable bonds is 5. The average Bonchev–Trinajstić information content (AvgIpc) is 2.41. The summed E-state index contributed by atoms with van der Waals surface area (Å²) in [5.74, 6) is 0.919. The van der Waals surface area contributed by atoms with E-state index in [4.69, 9.17) is 4.74 Å². The number of phenols is 1. The fraction of sp³-hybridized carbons (Fsp3) is 0.625. The van der Waals surface area contributed by atoms with Gasteiger partial charge in [0.2, 0.25) is 0 Å². The van der Waals surface area contributed by atoms with Gasteiger partial charge in [-0.25, -0.2) is 0 Å². The van der Waals surface area contributed by atoms with Gasteiger partial charge in [0, 0.05) is 6.54 Å². The quantitative estimate of drug-likeness (QED) is 0.885. The summed E-state index contributed by atoms with van der Waals surface area (Å²) in [7, 11) is 4.14. The fourth-order valence-electron chi connectivity index (χ4n) is 2.52. The Labute approximate surface area is 116 Å². The maximum absolute atomic E-state index is 9.91. The first-order valence-electron chi connectivity index (χ1n) is 7.28. The topological polar surface area (TPSA) is 32.7 Å². The van der Waals surface area contributed by atoms with Crippen molar-refractivity contribution in [3.8, 4) is 11.5 Å². The van der Waals surface area contributed by atoms with E-state index in [0.29, 0.717) is 5.75 Å². The van der Waals surface area contributed by atoms with Crippen molar-refractivity contribution in [1.82, 2.24) is 4.90 Å². The van der Waals surface area contributed by atoms with E-state index in [2.05, 4.69) is 19.0 Å².